The smallest absolute Gasteiger partial charge is 0.308 e. The van der Waals surface area contributed by atoms with E-state index >= 15 is 0 Å². The van der Waals surface area contributed by atoms with Crippen LogP contribution in [-0.4, -0.2) is 64.4 Å². The number of pyridine rings is 1. The van der Waals surface area contributed by atoms with Gasteiger partial charge in [-0.05, 0) is 89.6 Å². The van der Waals surface area contributed by atoms with Crippen LogP contribution in [-0.2, 0) is 36.8 Å². The molecule has 2 bridgehead atoms. The third kappa shape index (κ3) is 6.80. The molecule has 0 spiro atoms. The highest BCUT2D eigenvalue weighted by atomic mass is 16.8. The number of amides is 1. The third-order valence-corrected chi connectivity index (χ3v) is 9.55. The van der Waals surface area contributed by atoms with Crippen LogP contribution in [0.1, 0.15) is 77.5 Å². The maximum absolute atomic E-state index is 14.0. The standard InChI is InChI=1S/C34H45N4O8/c1-33(2,3)46-30(40)17-25-16-24(44-34(4,5)45-25)11-12-35-32(41)26-15-20-14-23(38(42)43)9-10-28(20)37-18-21-13-22(31(26)37)19-36-27(21)7-6-8-29(36)39/h6-10,14,21-22,24-26,31,42H,11-13,15-19H2,1-5H3,(H,35,41)/q-1. The second-order valence-electron chi connectivity index (χ2n) is 14.6. The van der Waals surface area contributed by atoms with Crippen LogP contribution in [0.25, 0.3) is 0 Å². The largest absolute Gasteiger partial charge is 0.733 e. The van der Waals surface area contributed by atoms with Crippen LogP contribution >= 0.6 is 0 Å². The summed E-state index contributed by atoms with van der Waals surface area (Å²) in [6.45, 7) is 10.7. The van der Waals surface area contributed by atoms with E-state index in [1.165, 1.54) is 0 Å². The highest BCUT2D eigenvalue weighted by molar-refractivity contribution is 5.82. The summed E-state index contributed by atoms with van der Waals surface area (Å²) in [5, 5.41) is 24.3. The number of benzene rings is 1. The normalized spacial score (nSPS) is 27.9. The van der Waals surface area contributed by atoms with Crippen LogP contribution in [0.2, 0.25) is 0 Å². The molecule has 0 radical (unpaired) electrons. The average molecular weight is 638 g/mol. The van der Waals surface area contributed by atoms with Crippen LogP contribution in [0, 0.1) is 17.0 Å². The average Bonchev–Trinajstić information content (AvgIpc) is 2.95. The molecule has 6 unspecified atom stereocenters. The van der Waals surface area contributed by atoms with Crippen molar-refractivity contribution < 1.29 is 29.0 Å². The second-order valence-corrected chi connectivity index (χ2v) is 14.6. The molecule has 2 fully saturated rings. The number of nitrogens with one attached hydrogen (secondary N) is 1. The molecule has 1 aromatic heterocycles. The first-order chi connectivity index (χ1) is 21.7. The fourth-order valence-corrected chi connectivity index (χ4v) is 8.04. The lowest BCUT2D eigenvalue weighted by Crippen LogP contribution is -2.61. The van der Waals surface area contributed by atoms with E-state index in [9.17, 15) is 24.8 Å². The Morgan fingerprint density at radius 1 is 1.13 bits per heavy atom. The lowest BCUT2D eigenvalue weighted by molar-refractivity contribution is -0.300. The molecule has 0 aliphatic carbocycles. The van der Waals surface area contributed by atoms with Crippen molar-refractivity contribution in [3.8, 4) is 0 Å². The number of piperidine rings is 1. The molecule has 6 atom stereocenters. The number of fused-ring (bicyclic) bond motifs is 8. The minimum atomic E-state index is -0.888. The minimum absolute atomic E-state index is 0.0228. The van der Waals surface area contributed by atoms with Gasteiger partial charge in [0, 0.05) is 55.5 Å². The predicted molar refractivity (Wildman–Crippen MR) is 170 cm³/mol. The number of carbonyl (C=O) groups is 2. The monoisotopic (exact) mass is 637 g/mol. The van der Waals surface area contributed by atoms with Crippen LogP contribution in [0.3, 0.4) is 0 Å². The summed E-state index contributed by atoms with van der Waals surface area (Å²) in [6.07, 6.45) is 1.85. The lowest BCUT2D eigenvalue weighted by atomic mass is 9.70. The Balaban J connectivity index is 1.17. The number of hydrogen-bond donors (Lipinski definition) is 2. The third-order valence-electron chi connectivity index (χ3n) is 9.55. The first kappa shape index (κ1) is 32.5. The summed E-state index contributed by atoms with van der Waals surface area (Å²) < 4.78 is 19.5. The lowest BCUT2D eigenvalue weighted by Gasteiger charge is -2.54. The van der Waals surface area contributed by atoms with E-state index in [0.29, 0.717) is 38.9 Å². The Morgan fingerprint density at radius 2 is 1.89 bits per heavy atom. The molecule has 5 heterocycles. The molecule has 250 valence electrons. The molecule has 4 aliphatic rings. The van der Waals surface area contributed by atoms with Crippen molar-refractivity contribution >= 4 is 23.3 Å². The van der Waals surface area contributed by atoms with Gasteiger partial charge < -0.3 is 39.4 Å². The minimum Gasteiger partial charge on any atom is -0.733 e. The highest BCUT2D eigenvalue weighted by Crippen LogP contribution is 2.47. The highest BCUT2D eigenvalue weighted by Gasteiger charge is 2.49. The Hall–Kier alpha value is -3.45. The van der Waals surface area contributed by atoms with Crippen molar-refractivity contribution in [1.82, 2.24) is 9.88 Å². The molecular formula is C34H45N4O8-. The zero-order valence-electron chi connectivity index (χ0n) is 27.2. The number of rotatable bonds is 7. The number of anilines is 2. The Kier molecular flexibility index (Phi) is 8.68. The molecule has 2 aromatic rings. The van der Waals surface area contributed by atoms with Crippen LogP contribution in [0.4, 0.5) is 11.4 Å². The van der Waals surface area contributed by atoms with E-state index in [2.05, 4.69) is 10.2 Å². The number of hydrogen-bond acceptors (Lipinski definition) is 10. The van der Waals surface area contributed by atoms with Gasteiger partial charge >= 0.3 is 5.97 Å². The van der Waals surface area contributed by atoms with E-state index in [-0.39, 0.29) is 64.9 Å². The zero-order chi connectivity index (χ0) is 33.0. The molecule has 4 aliphatic heterocycles. The fraction of sp³-hybridized carbons (Fsp3) is 0.618. The summed E-state index contributed by atoms with van der Waals surface area (Å²) in [7, 11) is 0. The van der Waals surface area contributed by atoms with E-state index in [1.54, 1.807) is 24.3 Å². The van der Waals surface area contributed by atoms with Crippen molar-refractivity contribution in [2.45, 2.75) is 109 Å². The fourth-order valence-electron chi connectivity index (χ4n) is 8.04. The second kappa shape index (κ2) is 12.3. The van der Waals surface area contributed by atoms with Gasteiger partial charge in [-0.1, -0.05) is 6.07 Å². The van der Waals surface area contributed by atoms with Gasteiger partial charge in [0.2, 0.25) is 5.91 Å². The summed E-state index contributed by atoms with van der Waals surface area (Å²) >= 11 is 0. The van der Waals surface area contributed by atoms with Gasteiger partial charge in [0.05, 0.1) is 30.2 Å². The van der Waals surface area contributed by atoms with Crippen LogP contribution in [0.15, 0.2) is 41.2 Å². The molecule has 12 nitrogen and oxygen atoms in total. The van der Waals surface area contributed by atoms with E-state index in [4.69, 9.17) is 14.2 Å². The summed E-state index contributed by atoms with van der Waals surface area (Å²) in [5.41, 5.74) is 2.30. The molecular weight excluding hydrogens is 592 g/mol. The van der Waals surface area contributed by atoms with Crippen molar-refractivity contribution in [3.63, 3.8) is 0 Å². The van der Waals surface area contributed by atoms with E-state index in [1.807, 2.05) is 51.3 Å². The van der Waals surface area contributed by atoms with Gasteiger partial charge in [-0.25, -0.2) is 0 Å². The number of nitrogens with zero attached hydrogens (tertiary/aromatic N) is 3. The number of aromatic nitrogens is 1. The van der Waals surface area contributed by atoms with E-state index in [0.717, 1.165) is 23.4 Å². The molecule has 6 rings (SSSR count). The maximum Gasteiger partial charge on any atom is 0.308 e. The molecule has 46 heavy (non-hydrogen) atoms. The molecule has 2 saturated heterocycles. The van der Waals surface area contributed by atoms with Gasteiger partial charge in [0.25, 0.3) is 5.56 Å². The number of esters is 1. The summed E-state index contributed by atoms with van der Waals surface area (Å²) in [6, 6.07) is 10.4. The van der Waals surface area contributed by atoms with Crippen molar-refractivity contribution in [2.75, 3.05) is 23.2 Å². The molecule has 2 N–H and O–H groups in total. The zero-order valence-corrected chi connectivity index (χ0v) is 27.2. The molecule has 1 aromatic carbocycles. The molecule has 12 heteroatoms. The first-order valence-corrected chi connectivity index (χ1v) is 16.3. The topological polar surface area (TPSA) is 146 Å². The molecule has 0 saturated carbocycles. The van der Waals surface area contributed by atoms with Gasteiger partial charge in [-0.2, -0.15) is 0 Å². The van der Waals surface area contributed by atoms with Gasteiger partial charge in [-0.15, -0.1) is 0 Å². The predicted octanol–water partition coefficient (Wildman–Crippen LogP) is 3.85. The quantitative estimate of drug-likeness (QED) is 0.339. The Labute approximate surface area is 269 Å². The van der Waals surface area contributed by atoms with Gasteiger partial charge in [0.15, 0.2) is 5.79 Å². The number of ether oxygens (including phenoxy) is 3. The van der Waals surface area contributed by atoms with E-state index < -0.39 is 17.3 Å². The van der Waals surface area contributed by atoms with Crippen molar-refractivity contribution in [2.24, 2.45) is 11.8 Å². The Bertz CT molecular complexity index is 1530. The van der Waals surface area contributed by atoms with Gasteiger partial charge in [0.1, 0.15) is 5.60 Å². The van der Waals surface area contributed by atoms with Crippen molar-refractivity contribution in [3.05, 3.63) is 63.2 Å². The Morgan fingerprint density at radius 3 is 2.63 bits per heavy atom. The molecule has 1 amide bonds. The van der Waals surface area contributed by atoms with Crippen molar-refractivity contribution in [1.29, 1.82) is 0 Å². The van der Waals surface area contributed by atoms with Gasteiger partial charge in [-0.3, -0.25) is 19.6 Å². The summed E-state index contributed by atoms with van der Waals surface area (Å²) in [5.74, 6) is -1.53. The van der Waals surface area contributed by atoms with Crippen LogP contribution < -0.4 is 21.0 Å². The summed E-state index contributed by atoms with van der Waals surface area (Å²) in [4.78, 5) is 41.6. The maximum atomic E-state index is 14.0. The first-order valence-electron chi connectivity index (χ1n) is 16.3. The number of carbonyl (C=O) groups excluding carboxylic acids is 2. The SMILES string of the molecule is CC(C)(C)OC(=O)CC1CC(CCNC(=O)C2Cc3cc(N([O-])O)ccc3N3CC4CC(Cn5c4cccc5=O)C23)OC(C)(C)O1. The van der Waals surface area contributed by atoms with Crippen LogP contribution in [0.5, 0.6) is 0 Å².